The van der Waals surface area contributed by atoms with Crippen LogP contribution in [0.2, 0.25) is 0 Å². The van der Waals surface area contributed by atoms with Crippen molar-refractivity contribution in [3.05, 3.63) is 92.2 Å². The molecule has 5 rings (SSSR count). The van der Waals surface area contributed by atoms with Gasteiger partial charge in [-0.2, -0.15) is 8.42 Å². The van der Waals surface area contributed by atoms with E-state index in [9.17, 15) is 28.1 Å². The predicted octanol–water partition coefficient (Wildman–Crippen LogP) is 2.97. The van der Waals surface area contributed by atoms with Gasteiger partial charge in [-0.15, -0.1) is 4.40 Å². The van der Waals surface area contributed by atoms with Gasteiger partial charge in [0, 0.05) is 28.8 Å². The molecule has 32 heavy (non-hydrogen) atoms. The van der Waals surface area contributed by atoms with Crippen LogP contribution in [0.4, 0.5) is 5.69 Å². The third-order valence-corrected chi connectivity index (χ3v) is 7.33. The minimum Gasteiger partial charge on any atom is -0.338 e. The molecule has 2 aliphatic carbocycles. The van der Waals surface area contributed by atoms with Crippen LogP contribution in [0.5, 0.6) is 0 Å². The third kappa shape index (κ3) is 2.91. The maximum atomic E-state index is 13.1. The Morgan fingerprint density at radius 3 is 2.41 bits per heavy atom. The Morgan fingerprint density at radius 2 is 1.72 bits per heavy atom. The lowest BCUT2D eigenvalue weighted by Gasteiger charge is -2.32. The van der Waals surface area contributed by atoms with Gasteiger partial charge in [0.05, 0.1) is 27.5 Å². The van der Waals surface area contributed by atoms with Crippen LogP contribution < -0.4 is 5.32 Å². The number of rotatable bonds is 2. The predicted molar refractivity (Wildman–Crippen MR) is 114 cm³/mol. The molecule has 0 unspecified atom stereocenters. The number of carbonyl (C=O) groups excluding carboxylic acids is 2. The van der Waals surface area contributed by atoms with E-state index in [1.165, 1.54) is 18.2 Å². The number of hydrogen-bond donors (Lipinski definition) is 1. The highest BCUT2D eigenvalue weighted by Crippen LogP contribution is 2.41. The molecule has 9 nitrogen and oxygen atoms in total. The van der Waals surface area contributed by atoms with Gasteiger partial charge in [0.25, 0.3) is 15.7 Å². The van der Waals surface area contributed by atoms with Gasteiger partial charge in [-0.25, -0.2) is 0 Å². The molecule has 160 valence electrons. The molecule has 0 bridgehead atoms. The first kappa shape index (κ1) is 20.3. The standard InChI is InChI=1S/C21H12ClN3O6S/c22-18-15(8-7-14-17(18)20(27)12-4-2-1-3-11(12)19(14)26)23-21-13-6-5-10(25(28)29)9-16(13)32(30,31)24-21/h1-9,14,17H,(H,23,24)/t14-,17+/m0/s1. The van der Waals surface area contributed by atoms with Gasteiger partial charge in [-0.1, -0.05) is 41.9 Å². The van der Waals surface area contributed by atoms with Crippen molar-refractivity contribution < 1.29 is 22.9 Å². The van der Waals surface area contributed by atoms with E-state index in [1.54, 1.807) is 30.3 Å². The van der Waals surface area contributed by atoms with Gasteiger partial charge in [0.15, 0.2) is 17.4 Å². The molecule has 0 radical (unpaired) electrons. The number of nitrogens with zero attached hydrogens (tertiary/aromatic N) is 2. The van der Waals surface area contributed by atoms with Crippen molar-refractivity contribution in [3.63, 3.8) is 0 Å². The van der Waals surface area contributed by atoms with Crippen molar-refractivity contribution in [2.24, 2.45) is 16.2 Å². The summed E-state index contributed by atoms with van der Waals surface area (Å²) in [6.45, 7) is 0. The summed E-state index contributed by atoms with van der Waals surface area (Å²) in [4.78, 5) is 35.9. The molecular formula is C21H12ClN3O6S. The van der Waals surface area contributed by atoms with Crippen molar-refractivity contribution in [2.75, 3.05) is 0 Å². The molecule has 0 spiro atoms. The number of allylic oxidation sites excluding steroid dienone is 3. The fraction of sp³-hybridized carbons (Fsp3) is 0.0952. The number of benzene rings is 2. The molecule has 1 aliphatic heterocycles. The van der Waals surface area contributed by atoms with Crippen LogP contribution in [-0.2, 0) is 10.0 Å². The van der Waals surface area contributed by atoms with E-state index in [4.69, 9.17) is 11.6 Å². The Labute approximate surface area is 186 Å². The highest BCUT2D eigenvalue weighted by atomic mass is 35.5. The Balaban J connectivity index is 1.54. The third-order valence-electron chi connectivity index (χ3n) is 5.58. The van der Waals surface area contributed by atoms with Gasteiger partial charge >= 0.3 is 0 Å². The number of nitro benzene ring substituents is 1. The first-order chi connectivity index (χ1) is 15.2. The van der Waals surface area contributed by atoms with E-state index < -0.39 is 26.8 Å². The van der Waals surface area contributed by atoms with Gasteiger partial charge in [-0.05, 0) is 12.1 Å². The van der Waals surface area contributed by atoms with E-state index in [2.05, 4.69) is 9.71 Å². The van der Waals surface area contributed by atoms with Gasteiger partial charge in [-0.3, -0.25) is 19.7 Å². The molecule has 2 aromatic carbocycles. The SMILES string of the molecule is O=C1c2ccccc2C(=O)[C@H]2C=CC(NC3=NS(=O)(=O)c4cc([N+](=O)[O-])ccc43)=C(Cl)[C@H]12. The summed E-state index contributed by atoms with van der Waals surface area (Å²) in [7, 11) is -4.15. The Bertz CT molecular complexity index is 1460. The lowest BCUT2D eigenvalue weighted by atomic mass is 9.72. The molecule has 2 atom stereocenters. The van der Waals surface area contributed by atoms with Crippen molar-refractivity contribution in [1.29, 1.82) is 0 Å². The smallest absolute Gasteiger partial charge is 0.285 e. The highest BCUT2D eigenvalue weighted by Gasteiger charge is 2.44. The lowest BCUT2D eigenvalue weighted by Crippen LogP contribution is -2.39. The molecular weight excluding hydrogens is 458 g/mol. The number of nitrogens with one attached hydrogen (secondary N) is 1. The van der Waals surface area contributed by atoms with Crippen LogP contribution in [0.1, 0.15) is 26.3 Å². The second-order valence-electron chi connectivity index (χ2n) is 7.38. The molecule has 1 N–H and O–H groups in total. The lowest BCUT2D eigenvalue weighted by molar-refractivity contribution is -0.385. The fourth-order valence-corrected chi connectivity index (χ4v) is 5.60. The molecule has 2 aromatic rings. The van der Waals surface area contributed by atoms with Gasteiger partial charge in [0.1, 0.15) is 4.90 Å². The van der Waals surface area contributed by atoms with Crippen LogP contribution in [0.15, 0.2) is 74.6 Å². The summed E-state index contributed by atoms with van der Waals surface area (Å²) in [5.41, 5.74) is 0.593. The number of hydrogen-bond acceptors (Lipinski definition) is 7. The first-order valence-electron chi connectivity index (χ1n) is 9.35. The maximum absolute atomic E-state index is 13.1. The number of ketones is 2. The average Bonchev–Trinajstić information content (AvgIpc) is 3.02. The molecule has 0 amide bonds. The zero-order chi connectivity index (χ0) is 22.8. The van der Waals surface area contributed by atoms with E-state index in [0.717, 1.165) is 6.07 Å². The Morgan fingerprint density at radius 1 is 1.03 bits per heavy atom. The molecule has 0 saturated carbocycles. The van der Waals surface area contributed by atoms with Gasteiger partial charge in [0.2, 0.25) is 0 Å². The topological polar surface area (TPSA) is 136 Å². The molecule has 1 heterocycles. The van der Waals surface area contributed by atoms with Crippen molar-refractivity contribution in [1.82, 2.24) is 5.32 Å². The van der Waals surface area contributed by atoms with Gasteiger partial charge < -0.3 is 5.32 Å². The summed E-state index contributed by atoms with van der Waals surface area (Å²) >= 11 is 6.53. The number of nitro groups is 1. The van der Waals surface area contributed by atoms with Crippen LogP contribution in [-0.4, -0.2) is 30.7 Å². The van der Waals surface area contributed by atoms with Crippen LogP contribution in [0, 0.1) is 22.0 Å². The number of amidine groups is 1. The average molecular weight is 470 g/mol. The fourth-order valence-electron chi connectivity index (χ4n) is 4.06. The summed E-state index contributed by atoms with van der Waals surface area (Å²) in [6, 6.07) is 9.89. The minimum absolute atomic E-state index is 0.0563. The Kier molecular flexibility index (Phi) is 4.40. The summed E-state index contributed by atoms with van der Waals surface area (Å²) in [5.74, 6) is -2.32. The number of halogens is 1. The van der Waals surface area contributed by atoms with Crippen molar-refractivity contribution >= 4 is 44.7 Å². The zero-order valence-electron chi connectivity index (χ0n) is 16.0. The second-order valence-corrected chi connectivity index (χ2v) is 9.36. The number of Topliss-reactive ketones (excluding diaryl/α,β-unsaturated/α-hetero) is 2. The monoisotopic (exact) mass is 469 g/mol. The number of carbonyl (C=O) groups is 2. The first-order valence-corrected chi connectivity index (χ1v) is 11.2. The van der Waals surface area contributed by atoms with Crippen LogP contribution >= 0.6 is 11.6 Å². The summed E-state index contributed by atoms with van der Waals surface area (Å²) in [6.07, 6.45) is 3.05. The molecule has 0 saturated heterocycles. The largest absolute Gasteiger partial charge is 0.338 e. The number of fused-ring (bicyclic) bond motifs is 3. The molecule has 0 aromatic heterocycles. The van der Waals surface area contributed by atoms with E-state index in [1.807, 2.05) is 0 Å². The molecule has 0 fully saturated rings. The maximum Gasteiger partial charge on any atom is 0.285 e. The number of non-ortho nitro benzene ring substituents is 1. The Hall–Kier alpha value is -3.63. The highest BCUT2D eigenvalue weighted by molar-refractivity contribution is 7.90. The molecule has 11 heteroatoms. The van der Waals surface area contributed by atoms with Crippen LogP contribution in [0.25, 0.3) is 0 Å². The quantitative estimate of drug-likeness (QED) is 0.527. The van der Waals surface area contributed by atoms with E-state index in [0.29, 0.717) is 5.56 Å². The van der Waals surface area contributed by atoms with E-state index in [-0.39, 0.29) is 49.8 Å². The second kappa shape index (κ2) is 6.94. The van der Waals surface area contributed by atoms with Crippen molar-refractivity contribution in [2.45, 2.75) is 4.90 Å². The normalized spacial score (nSPS) is 22.7. The number of sulfonamides is 1. The zero-order valence-corrected chi connectivity index (χ0v) is 17.6. The summed E-state index contributed by atoms with van der Waals surface area (Å²) < 4.78 is 28.5. The minimum atomic E-state index is -4.15. The van der Waals surface area contributed by atoms with Crippen molar-refractivity contribution in [3.8, 4) is 0 Å². The van der Waals surface area contributed by atoms with E-state index >= 15 is 0 Å². The van der Waals surface area contributed by atoms with Crippen LogP contribution in [0.3, 0.4) is 0 Å². The summed E-state index contributed by atoms with van der Waals surface area (Å²) in [5, 5.41) is 13.9. The molecule has 3 aliphatic rings.